The molecule has 1 aromatic heterocycles. The monoisotopic (exact) mass is 370 g/mol. The molecule has 6 nitrogen and oxygen atoms in total. The van der Waals surface area contributed by atoms with Crippen molar-refractivity contribution in [2.24, 2.45) is 0 Å². The van der Waals surface area contributed by atoms with Crippen LogP contribution in [0, 0.1) is 0 Å². The summed E-state index contributed by atoms with van der Waals surface area (Å²) in [5.74, 6) is 0.0435. The van der Waals surface area contributed by atoms with Gasteiger partial charge in [-0.2, -0.15) is 0 Å². The van der Waals surface area contributed by atoms with Crippen LogP contribution in [-0.4, -0.2) is 46.3 Å². The number of rotatable bonds is 2. The van der Waals surface area contributed by atoms with Crippen LogP contribution in [0.25, 0.3) is 0 Å². The fourth-order valence-corrected chi connectivity index (χ4v) is 4.20. The van der Waals surface area contributed by atoms with Crippen molar-refractivity contribution in [3.8, 4) is 0 Å². The number of amides is 2. The molecule has 3 heterocycles. The van der Waals surface area contributed by atoms with Crippen LogP contribution in [0.3, 0.4) is 0 Å². The van der Waals surface area contributed by atoms with E-state index in [0.29, 0.717) is 30.4 Å². The maximum Gasteiger partial charge on any atom is 0.233 e. The molecule has 1 spiro atoms. The molecule has 1 unspecified atom stereocenters. The van der Waals surface area contributed by atoms with Crippen molar-refractivity contribution in [3.63, 3.8) is 0 Å². The number of hydrogen-bond acceptors (Lipinski definition) is 4. The van der Waals surface area contributed by atoms with E-state index in [9.17, 15) is 9.59 Å². The first-order chi connectivity index (χ1) is 12.5. The molecule has 0 radical (unpaired) electrons. The van der Waals surface area contributed by atoms with E-state index in [1.807, 2.05) is 21.9 Å². The molecular formula is C19H19ClN4O2. The number of carbonyl (C=O) groups is 2. The number of fused-ring (bicyclic) bond motifs is 2. The zero-order valence-electron chi connectivity index (χ0n) is 14.5. The lowest BCUT2D eigenvalue weighted by Crippen LogP contribution is -2.40. The van der Waals surface area contributed by atoms with Crippen LogP contribution in [0.2, 0.25) is 5.02 Å². The summed E-state index contributed by atoms with van der Waals surface area (Å²) >= 11 is 6.24. The van der Waals surface area contributed by atoms with Crippen LogP contribution in [-0.2, 0) is 21.4 Å². The molecule has 2 aliphatic heterocycles. The summed E-state index contributed by atoms with van der Waals surface area (Å²) in [7, 11) is 0. The van der Waals surface area contributed by atoms with E-state index in [1.165, 1.54) is 0 Å². The fourth-order valence-electron chi connectivity index (χ4n) is 4.03. The number of aromatic nitrogens is 2. The number of benzene rings is 1. The number of likely N-dealkylation sites (tertiary alicyclic amines) is 1. The molecule has 0 saturated carbocycles. The molecule has 134 valence electrons. The van der Waals surface area contributed by atoms with Crippen LogP contribution < -0.4 is 4.90 Å². The Morgan fingerprint density at radius 2 is 2.12 bits per heavy atom. The SMILES string of the molecule is CC(=O)N1CCC2(C1)CN(C(=O)Cc1cnccn1)c1ccc(Cl)cc12. The van der Waals surface area contributed by atoms with Crippen molar-refractivity contribution < 1.29 is 9.59 Å². The minimum absolute atomic E-state index is 0.0211. The maximum atomic E-state index is 13.0. The summed E-state index contributed by atoms with van der Waals surface area (Å²) in [6.07, 6.45) is 5.81. The minimum atomic E-state index is -0.246. The normalized spacial score (nSPS) is 21.3. The van der Waals surface area contributed by atoms with Crippen molar-refractivity contribution in [1.29, 1.82) is 0 Å². The minimum Gasteiger partial charge on any atom is -0.342 e. The van der Waals surface area contributed by atoms with Gasteiger partial charge in [0.15, 0.2) is 0 Å². The highest BCUT2D eigenvalue weighted by atomic mass is 35.5. The molecule has 2 aliphatic rings. The average molecular weight is 371 g/mol. The summed E-state index contributed by atoms with van der Waals surface area (Å²) in [6.45, 7) is 3.47. The van der Waals surface area contributed by atoms with Gasteiger partial charge >= 0.3 is 0 Å². The van der Waals surface area contributed by atoms with E-state index in [4.69, 9.17) is 11.6 Å². The summed E-state index contributed by atoms with van der Waals surface area (Å²) in [6, 6.07) is 5.65. The molecule has 2 amide bonds. The third-order valence-electron chi connectivity index (χ3n) is 5.33. The van der Waals surface area contributed by atoms with E-state index < -0.39 is 0 Å². The Morgan fingerprint density at radius 3 is 2.81 bits per heavy atom. The van der Waals surface area contributed by atoms with Gasteiger partial charge in [0.2, 0.25) is 11.8 Å². The van der Waals surface area contributed by atoms with Gasteiger partial charge in [-0.1, -0.05) is 11.6 Å². The van der Waals surface area contributed by atoms with Crippen molar-refractivity contribution in [2.45, 2.75) is 25.2 Å². The van der Waals surface area contributed by atoms with Crippen molar-refractivity contribution in [2.75, 3.05) is 24.5 Å². The highest BCUT2D eigenvalue weighted by Gasteiger charge is 2.49. The number of halogens is 1. The molecule has 0 N–H and O–H groups in total. The van der Waals surface area contributed by atoms with Gasteiger partial charge in [-0.15, -0.1) is 0 Å². The maximum absolute atomic E-state index is 13.0. The topological polar surface area (TPSA) is 66.4 Å². The summed E-state index contributed by atoms with van der Waals surface area (Å²) < 4.78 is 0. The largest absolute Gasteiger partial charge is 0.342 e. The first-order valence-electron chi connectivity index (χ1n) is 8.59. The second-order valence-electron chi connectivity index (χ2n) is 6.99. The summed E-state index contributed by atoms with van der Waals surface area (Å²) in [5.41, 5.74) is 2.34. The smallest absolute Gasteiger partial charge is 0.233 e. The zero-order valence-corrected chi connectivity index (χ0v) is 15.2. The van der Waals surface area contributed by atoms with Crippen LogP contribution in [0.15, 0.2) is 36.8 Å². The van der Waals surface area contributed by atoms with E-state index >= 15 is 0 Å². The second-order valence-corrected chi connectivity index (χ2v) is 7.42. The molecule has 26 heavy (non-hydrogen) atoms. The third-order valence-corrected chi connectivity index (χ3v) is 5.57. The van der Waals surface area contributed by atoms with Gasteiger partial charge in [-0.05, 0) is 30.2 Å². The van der Waals surface area contributed by atoms with Crippen molar-refractivity contribution >= 4 is 29.1 Å². The van der Waals surface area contributed by atoms with E-state index in [2.05, 4.69) is 9.97 Å². The van der Waals surface area contributed by atoms with Gasteiger partial charge in [0.25, 0.3) is 0 Å². The molecular weight excluding hydrogens is 352 g/mol. The lowest BCUT2D eigenvalue weighted by molar-refractivity contribution is -0.127. The van der Waals surface area contributed by atoms with Gasteiger partial charge in [0.05, 0.1) is 12.1 Å². The number of nitrogens with zero attached hydrogens (tertiary/aromatic N) is 4. The van der Waals surface area contributed by atoms with Gasteiger partial charge in [-0.25, -0.2) is 0 Å². The van der Waals surface area contributed by atoms with Gasteiger partial charge in [-0.3, -0.25) is 19.6 Å². The number of carbonyl (C=O) groups excluding carboxylic acids is 2. The molecule has 4 rings (SSSR count). The number of anilines is 1. The fraction of sp³-hybridized carbons (Fsp3) is 0.368. The molecule has 0 aliphatic carbocycles. The van der Waals surface area contributed by atoms with E-state index in [1.54, 1.807) is 31.6 Å². The van der Waals surface area contributed by atoms with Crippen molar-refractivity contribution in [1.82, 2.24) is 14.9 Å². The Hall–Kier alpha value is -2.47. The Bertz CT molecular complexity index is 873. The van der Waals surface area contributed by atoms with Crippen molar-refractivity contribution in [3.05, 3.63) is 53.1 Å². The van der Waals surface area contributed by atoms with E-state index in [-0.39, 0.29) is 23.7 Å². The summed E-state index contributed by atoms with van der Waals surface area (Å²) in [4.78, 5) is 36.7. The first kappa shape index (κ1) is 17.0. The predicted octanol–water partition coefficient (Wildman–Crippen LogP) is 2.21. The van der Waals surface area contributed by atoms with Gasteiger partial charge in [0.1, 0.15) is 0 Å². The Morgan fingerprint density at radius 1 is 1.27 bits per heavy atom. The average Bonchev–Trinajstić information content (AvgIpc) is 3.19. The van der Waals surface area contributed by atoms with E-state index in [0.717, 1.165) is 17.7 Å². The molecule has 1 saturated heterocycles. The highest BCUT2D eigenvalue weighted by Crippen LogP contribution is 2.47. The number of hydrogen-bond donors (Lipinski definition) is 0. The Labute approximate surface area is 156 Å². The van der Waals surface area contributed by atoms with Crippen LogP contribution in [0.5, 0.6) is 0 Å². The third kappa shape index (κ3) is 2.84. The lowest BCUT2D eigenvalue weighted by atomic mass is 9.81. The molecule has 1 aromatic carbocycles. The van der Waals surface area contributed by atoms with Gasteiger partial charge in [0, 0.05) is 61.3 Å². The van der Waals surface area contributed by atoms with Crippen LogP contribution in [0.4, 0.5) is 5.69 Å². The van der Waals surface area contributed by atoms with Gasteiger partial charge < -0.3 is 9.80 Å². The summed E-state index contributed by atoms with van der Waals surface area (Å²) in [5, 5.41) is 0.646. The lowest BCUT2D eigenvalue weighted by Gasteiger charge is -2.25. The Balaban J connectivity index is 1.66. The predicted molar refractivity (Wildman–Crippen MR) is 98.1 cm³/mol. The standard InChI is InChI=1S/C19H19ClN4O2/c1-13(25)23-7-4-19(11-23)12-24(17-3-2-14(20)8-16(17)19)18(26)9-15-10-21-5-6-22-15/h2-3,5-6,8,10H,4,7,9,11-12H2,1H3. The molecule has 0 bridgehead atoms. The first-order valence-corrected chi connectivity index (χ1v) is 8.97. The highest BCUT2D eigenvalue weighted by molar-refractivity contribution is 6.30. The van der Waals surface area contributed by atoms with Crippen LogP contribution >= 0.6 is 11.6 Å². The zero-order chi connectivity index (χ0) is 18.3. The van der Waals surface area contributed by atoms with Crippen LogP contribution in [0.1, 0.15) is 24.6 Å². The molecule has 7 heteroatoms. The Kier molecular flexibility index (Phi) is 4.15. The quantitative estimate of drug-likeness (QED) is 0.813. The molecule has 1 atom stereocenters. The molecule has 2 aromatic rings. The second kappa shape index (κ2) is 6.36. The molecule has 1 fully saturated rings.